The van der Waals surface area contributed by atoms with Gasteiger partial charge in [-0.1, -0.05) is 0 Å². The summed E-state index contributed by atoms with van der Waals surface area (Å²) < 4.78 is 5.22. The number of urea groups is 1. The van der Waals surface area contributed by atoms with Crippen LogP contribution in [0.5, 0.6) is 5.75 Å². The van der Waals surface area contributed by atoms with Crippen LogP contribution in [0, 0.1) is 0 Å². The normalized spacial score (nSPS) is 13.6. The van der Waals surface area contributed by atoms with E-state index < -0.39 is 6.03 Å². The van der Waals surface area contributed by atoms with Gasteiger partial charge in [-0.2, -0.15) is 0 Å². The zero-order valence-electron chi connectivity index (χ0n) is 11.5. The monoisotopic (exact) mass is 277 g/mol. The maximum Gasteiger partial charge on any atom is 0.318 e. The van der Waals surface area contributed by atoms with Gasteiger partial charge in [0.1, 0.15) is 5.75 Å². The summed E-state index contributed by atoms with van der Waals surface area (Å²) in [6.07, 6.45) is 2.29. The molecule has 6 nitrogen and oxygen atoms in total. The Kier molecular flexibility index (Phi) is 4.45. The average molecular weight is 277 g/mol. The lowest BCUT2D eigenvalue weighted by Gasteiger charge is -2.31. The van der Waals surface area contributed by atoms with Crippen LogP contribution < -0.4 is 20.7 Å². The summed E-state index contributed by atoms with van der Waals surface area (Å²) >= 11 is 0. The summed E-state index contributed by atoms with van der Waals surface area (Å²) in [6.45, 7) is 1.47. The molecule has 1 heterocycles. The number of hydrogen-bond donors (Lipinski definition) is 2. The molecule has 0 spiro atoms. The highest BCUT2D eigenvalue weighted by Crippen LogP contribution is 2.30. The van der Waals surface area contributed by atoms with Gasteiger partial charge in [0.15, 0.2) is 0 Å². The molecule has 1 aromatic rings. The van der Waals surface area contributed by atoms with E-state index in [2.05, 4.69) is 10.2 Å². The smallest absolute Gasteiger partial charge is 0.318 e. The molecule has 2 rings (SSSR count). The lowest BCUT2D eigenvalue weighted by molar-refractivity contribution is -0.119. The van der Waals surface area contributed by atoms with Crippen LogP contribution in [-0.2, 0) is 11.2 Å². The number of benzene rings is 1. The van der Waals surface area contributed by atoms with E-state index in [1.807, 2.05) is 18.2 Å². The molecule has 1 aliphatic rings. The number of ether oxygens (including phenoxy) is 1. The fraction of sp³-hybridized carbons (Fsp3) is 0.429. The molecule has 0 saturated carbocycles. The van der Waals surface area contributed by atoms with E-state index in [1.165, 1.54) is 5.56 Å². The number of anilines is 1. The highest BCUT2D eigenvalue weighted by atomic mass is 16.5. The van der Waals surface area contributed by atoms with Gasteiger partial charge in [-0.25, -0.2) is 4.79 Å². The van der Waals surface area contributed by atoms with Gasteiger partial charge >= 0.3 is 6.03 Å². The highest BCUT2D eigenvalue weighted by molar-refractivity contribution is 5.93. The molecule has 3 N–H and O–H groups in total. The maximum atomic E-state index is 11.4. The van der Waals surface area contributed by atoms with E-state index in [1.54, 1.807) is 7.11 Å². The second kappa shape index (κ2) is 6.27. The lowest BCUT2D eigenvalue weighted by atomic mass is 10.0. The van der Waals surface area contributed by atoms with Crippen LogP contribution in [0.3, 0.4) is 0 Å². The van der Waals surface area contributed by atoms with Crippen molar-refractivity contribution in [3.05, 3.63) is 23.8 Å². The predicted octanol–water partition coefficient (Wildman–Crippen LogP) is 1.03. The van der Waals surface area contributed by atoms with E-state index in [9.17, 15) is 9.59 Å². The van der Waals surface area contributed by atoms with Gasteiger partial charge in [0.25, 0.3) is 0 Å². The minimum absolute atomic E-state index is 0.244. The molecule has 1 aliphatic heterocycles. The minimum atomic E-state index is -0.807. The van der Waals surface area contributed by atoms with Crippen LogP contribution >= 0.6 is 0 Å². The number of hydrogen-bond acceptors (Lipinski definition) is 4. The van der Waals surface area contributed by atoms with Gasteiger partial charge < -0.3 is 15.4 Å². The van der Waals surface area contributed by atoms with E-state index in [0.29, 0.717) is 6.54 Å². The first kappa shape index (κ1) is 14.2. The molecule has 0 unspecified atom stereocenters. The molecule has 0 aliphatic carbocycles. The number of primary amides is 1. The van der Waals surface area contributed by atoms with Gasteiger partial charge in [-0.3, -0.25) is 10.1 Å². The van der Waals surface area contributed by atoms with Crippen molar-refractivity contribution in [1.82, 2.24) is 5.32 Å². The van der Waals surface area contributed by atoms with Crippen LogP contribution in [0.15, 0.2) is 18.2 Å². The number of nitrogens with zero attached hydrogens (tertiary/aromatic N) is 1. The molecular formula is C14H19N3O3. The Labute approximate surface area is 117 Å². The van der Waals surface area contributed by atoms with Crippen LogP contribution in [0.2, 0.25) is 0 Å². The summed E-state index contributed by atoms with van der Waals surface area (Å²) in [7, 11) is 1.65. The van der Waals surface area contributed by atoms with Crippen LogP contribution in [0.4, 0.5) is 10.5 Å². The van der Waals surface area contributed by atoms with Gasteiger partial charge in [-0.15, -0.1) is 0 Å². The largest absolute Gasteiger partial charge is 0.497 e. The Bertz CT molecular complexity index is 516. The van der Waals surface area contributed by atoms with Crippen molar-refractivity contribution in [1.29, 1.82) is 0 Å². The Morgan fingerprint density at radius 3 is 2.95 bits per heavy atom. The first-order valence-electron chi connectivity index (χ1n) is 6.61. The second-order valence-corrected chi connectivity index (χ2v) is 4.75. The van der Waals surface area contributed by atoms with Gasteiger partial charge in [0.2, 0.25) is 5.91 Å². The third-order valence-corrected chi connectivity index (χ3v) is 3.37. The fourth-order valence-corrected chi connectivity index (χ4v) is 2.45. The number of amides is 3. The number of methoxy groups -OCH3 is 1. The molecule has 0 atom stereocenters. The number of carbonyl (C=O) groups is 2. The lowest BCUT2D eigenvalue weighted by Crippen LogP contribution is -2.38. The van der Waals surface area contributed by atoms with Crippen molar-refractivity contribution in [3.63, 3.8) is 0 Å². The Hall–Kier alpha value is -2.24. The number of fused-ring (bicyclic) bond motifs is 1. The molecule has 0 fully saturated rings. The molecular weight excluding hydrogens is 258 g/mol. The van der Waals surface area contributed by atoms with Crippen molar-refractivity contribution in [3.8, 4) is 5.75 Å². The van der Waals surface area contributed by atoms with E-state index in [4.69, 9.17) is 10.5 Å². The Morgan fingerprint density at radius 2 is 2.25 bits per heavy atom. The van der Waals surface area contributed by atoms with Gasteiger partial charge in [0.05, 0.1) is 7.11 Å². The third kappa shape index (κ3) is 3.40. The molecule has 108 valence electrons. The van der Waals surface area contributed by atoms with Crippen molar-refractivity contribution in [2.45, 2.75) is 19.3 Å². The van der Waals surface area contributed by atoms with Crippen LogP contribution in [0.25, 0.3) is 0 Å². The molecule has 3 amide bonds. The first-order valence-corrected chi connectivity index (χ1v) is 6.61. The number of imide groups is 1. The summed E-state index contributed by atoms with van der Waals surface area (Å²) in [6, 6.07) is 5.16. The maximum absolute atomic E-state index is 11.4. The standard InChI is InChI=1S/C14H19N3O3/c1-20-11-4-5-12-10(9-11)3-2-7-17(12)8-6-13(18)16-14(15)19/h4-5,9H,2-3,6-8H2,1H3,(H3,15,16,18,19). The summed E-state index contributed by atoms with van der Waals surface area (Å²) in [5, 5.41) is 2.08. The van der Waals surface area contributed by atoms with E-state index in [-0.39, 0.29) is 12.3 Å². The van der Waals surface area contributed by atoms with Crippen molar-refractivity contribution in [2.75, 3.05) is 25.1 Å². The number of aryl methyl sites for hydroxylation is 1. The summed E-state index contributed by atoms with van der Waals surface area (Å²) in [5.41, 5.74) is 7.27. The molecule has 0 saturated heterocycles. The molecule has 0 bridgehead atoms. The van der Waals surface area contributed by atoms with Crippen molar-refractivity contribution in [2.24, 2.45) is 5.73 Å². The average Bonchev–Trinajstić information content (AvgIpc) is 2.43. The number of rotatable bonds is 4. The fourth-order valence-electron chi connectivity index (χ4n) is 2.45. The summed E-state index contributed by atoms with van der Waals surface area (Å²) in [4.78, 5) is 24.2. The number of carbonyl (C=O) groups excluding carboxylic acids is 2. The topological polar surface area (TPSA) is 84.7 Å². The van der Waals surface area contributed by atoms with Crippen molar-refractivity contribution < 1.29 is 14.3 Å². The van der Waals surface area contributed by atoms with E-state index >= 15 is 0 Å². The quantitative estimate of drug-likeness (QED) is 0.861. The second-order valence-electron chi connectivity index (χ2n) is 4.75. The van der Waals surface area contributed by atoms with Crippen LogP contribution in [0.1, 0.15) is 18.4 Å². The van der Waals surface area contributed by atoms with Gasteiger partial charge in [-0.05, 0) is 36.6 Å². The Morgan fingerprint density at radius 1 is 1.45 bits per heavy atom. The SMILES string of the molecule is COc1ccc2c(c1)CCCN2CCC(=O)NC(N)=O. The van der Waals surface area contributed by atoms with Crippen molar-refractivity contribution >= 4 is 17.6 Å². The molecule has 0 aromatic heterocycles. The predicted molar refractivity (Wildman–Crippen MR) is 75.9 cm³/mol. The van der Waals surface area contributed by atoms with Crippen LogP contribution in [-0.4, -0.2) is 32.1 Å². The molecule has 20 heavy (non-hydrogen) atoms. The molecule has 6 heteroatoms. The zero-order chi connectivity index (χ0) is 14.5. The van der Waals surface area contributed by atoms with Gasteiger partial charge in [0, 0.05) is 25.2 Å². The summed E-state index contributed by atoms with van der Waals surface area (Å²) in [5.74, 6) is 0.496. The molecule has 0 radical (unpaired) electrons. The minimum Gasteiger partial charge on any atom is -0.497 e. The number of nitrogens with two attached hydrogens (primary N) is 1. The third-order valence-electron chi connectivity index (χ3n) is 3.37. The van der Waals surface area contributed by atoms with E-state index in [0.717, 1.165) is 30.8 Å². The Balaban J connectivity index is 2.01. The first-order chi connectivity index (χ1) is 9.60. The molecule has 1 aromatic carbocycles. The highest BCUT2D eigenvalue weighted by Gasteiger charge is 2.18. The number of nitrogens with one attached hydrogen (secondary N) is 1. The zero-order valence-corrected chi connectivity index (χ0v) is 11.5.